The molecule has 4 nitrogen and oxygen atoms in total. The van der Waals surface area contributed by atoms with E-state index in [1.807, 2.05) is 6.07 Å². The van der Waals surface area contributed by atoms with E-state index in [1.54, 1.807) is 24.3 Å². The van der Waals surface area contributed by atoms with Gasteiger partial charge in [0.1, 0.15) is 0 Å². The fraction of sp³-hybridized carbons (Fsp3) is 0.417. The van der Waals surface area contributed by atoms with Gasteiger partial charge in [-0.3, -0.25) is 0 Å². The molecule has 0 atom stereocenters. The second-order valence-corrected chi connectivity index (χ2v) is 6.21. The van der Waals surface area contributed by atoms with Crippen molar-refractivity contribution in [3.8, 4) is 6.07 Å². The van der Waals surface area contributed by atoms with Crippen LogP contribution in [-0.2, 0) is 16.6 Å². The molecule has 1 aliphatic rings. The molecule has 0 radical (unpaired) electrons. The Morgan fingerprint density at radius 3 is 2.82 bits per heavy atom. The summed E-state index contributed by atoms with van der Waals surface area (Å²) in [5, 5.41) is 8.73. The number of rotatable bonds is 5. The molecule has 90 valence electrons. The molecular weight excluding hydrogens is 236 g/mol. The molecule has 0 unspecified atom stereocenters. The highest BCUT2D eigenvalue weighted by molar-refractivity contribution is 7.89. The Kier molecular flexibility index (Phi) is 3.46. The molecule has 0 aromatic heterocycles. The van der Waals surface area contributed by atoms with Gasteiger partial charge in [-0.2, -0.15) is 5.26 Å². The lowest BCUT2D eigenvalue weighted by atomic mass is 10.1. The minimum absolute atomic E-state index is 0.227. The van der Waals surface area contributed by atoms with Crippen molar-refractivity contribution < 1.29 is 8.42 Å². The van der Waals surface area contributed by atoms with E-state index in [0.717, 1.165) is 18.4 Å². The summed E-state index contributed by atoms with van der Waals surface area (Å²) in [5.41, 5.74) is 1.35. The second-order valence-electron chi connectivity index (χ2n) is 4.36. The van der Waals surface area contributed by atoms with Crippen LogP contribution in [-0.4, -0.2) is 14.2 Å². The Labute approximate surface area is 101 Å². The molecule has 0 aliphatic heterocycles. The van der Waals surface area contributed by atoms with Gasteiger partial charge in [0.15, 0.2) is 0 Å². The number of hydrogen-bond donors (Lipinski definition) is 1. The molecule has 0 amide bonds. The van der Waals surface area contributed by atoms with Gasteiger partial charge in [-0.05, 0) is 36.5 Å². The monoisotopic (exact) mass is 250 g/mol. The van der Waals surface area contributed by atoms with E-state index in [-0.39, 0.29) is 12.3 Å². The third-order valence-electron chi connectivity index (χ3n) is 2.70. The van der Waals surface area contributed by atoms with Gasteiger partial charge in [0.25, 0.3) is 0 Å². The zero-order chi connectivity index (χ0) is 12.3. The van der Waals surface area contributed by atoms with Crippen LogP contribution in [0.25, 0.3) is 0 Å². The van der Waals surface area contributed by atoms with Crippen LogP contribution in [0.4, 0.5) is 0 Å². The molecule has 1 saturated carbocycles. The van der Waals surface area contributed by atoms with E-state index in [0.29, 0.717) is 11.5 Å². The first-order valence-electron chi connectivity index (χ1n) is 5.55. The quantitative estimate of drug-likeness (QED) is 0.858. The Hall–Kier alpha value is -1.38. The Morgan fingerprint density at radius 2 is 2.18 bits per heavy atom. The van der Waals surface area contributed by atoms with E-state index in [9.17, 15) is 8.42 Å². The highest BCUT2D eigenvalue weighted by atomic mass is 32.2. The maximum atomic E-state index is 11.6. The fourth-order valence-corrected chi connectivity index (χ4v) is 3.06. The molecule has 0 saturated heterocycles. The van der Waals surface area contributed by atoms with Crippen molar-refractivity contribution in [2.24, 2.45) is 5.92 Å². The molecule has 5 heteroatoms. The summed E-state index contributed by atoms with van der Waals surface area (Å²) in [6, 6.07) is 8.98. The molecule has 0 spiro atoms. The summed E-state index contributed by atoms with van der Waals surface area (Å²) in [7, 11) is -3.17. The number of nitrogens with one attached hydrogen (secondary N) is 1. The van der Waals surface area contributed by atoms with Crippen LogP contribution in [0, 0.1) is 17.2 Å². The first-order valence-corrected chi connectivity index (χ1v) is 7.21. The minimum atomic E-state index is -3.17. The van der Waals surface area contributed by atoms with Crippen molar-refractivity contribution in [1.82, 2.24) is 4.72 Å². The molecule has 1 N–H and O–H groups in total. The van der Waals surface area contributed by atoms with Crippen molar-refractivity contribution in [1.29, 1.82) is 5.26 Å². The number of hydrogen-bond acceptors (Lipinski definition) is 3. The summed E-state index contributed by atoms with van der Waals surface area (Å²) in [4.78, 5) is 0. The van der Waals surface area contributed by atoms with Crippen LogP contribution in [0.3, 0.4) is 0 Å². The van der Waals surface area contributed by atoms with Crippen LogP contribution in [0.5, 0.6) is 0 Å². The maximum absolute atomic E-state index is 11.6. The predicted molar refractivity (Wildman–Crippen MR) is 64.5 cm³/mol. The van der Waals surface area contributed by atoms with Gasteiger partial charge in [-0.1, -0.05) is 12.1 Å². The Bertz CT molecular complexity index is 542. The van der Waals surface area contributed by atoms with E-state index < -0.39 is 10.0 Å². The number of nitriles is 1. The standard InChI is InChI=1S/C12H14N2O2S/c13-7-11-2-1-3-12(6-11)8-14-17(15,16)9-10-4-5-10/h1-3,6,10,14H,4-5,8-9H2. The van der Waals surface area contributed by atoms with Crippen molar-refractivity contribution in [3.63, 3.8) is 0 Å². The van der Waals surface area contributed by atoms with E-state index >= 15 is 0 Å². The van der Waals surface area contributed by atoms with E-state index in [1.165, 1.54) is 0 Å². The van der Waals surface area contributed by atoms with Crippen LogP contribution >= 0.6 is 0 Å². The molecule has 0 bridgehead atoms. The molecule has 1 fully saturated rings. The van der Waals surface area contributed by atoms with Crippen LogP contribution in [0.2, 0.25) is 0 Å². The molecule has 1 aliphatic carbocycles. The van der Waals surface area contributed by atoms with Gasteiger partial charge >= 0.3 is 0 Å². The van der Waals surface area contributed by atoms with Gasteiger partial charge in [0, 0.05) is 6.54 Å². The summed E-state index contributed by atoms with van der Waals surface area (Å²) < 4.78 is 25.8. The van der Waals surface area contributed by atoms with Crippen LogP contribution in [0.1, 0.15) is 24.0 Å². The zero-order valence-electron chi connectivity index (χ0n) is 9.39. The lowest BCUT2D eigenvalue weighted by Gasteiger charge is -2.06. The smallest absolute Gasteiger partial charge is 0.212 e. The third-order valence-corrected chi connectivity index (χ3v) is 4.20. The first-order chi connectivity index (χ1) is 8.09. The third kappa shape index (κ3) is 3.84. The molecular formula is C12H14N2O2S. The molecule has 2 rings (SSSR count). The maximum Gasteiger partial charge on any atom is 0.212 e. The molecule has 0 heterocycles. The lowest BCUT2D eigenvalue weighted by molar-refractivity contribution is 0.577. The van der Waals surface area contributed by atoms with Crippen molar-refractivity contribution >= 4 is 10.0 Å². The van der Waals surface area contributed by atoms with Crippen LogP contribution in [0.15, 0.2) is 24.3 Å². The fourth-order valence-electron chi connectivity index (χ4n) is 1.60. The molecule has 1 aromatic carbocycles. The van der Waals surface area contributed by atoms with Gasteiger partial charge in [0.05, 0.1) is 17.4 Å². The van der Waals surface area contributed by atoms with Gasteiger partial charge in [-0.15, -0.1) is 0 Å². The van der Waals surface area contributed by atoms with Crippen molar-refractivity contribution in [2.75, 3.05) is 5.75 Å². The topological polar surface area (TPSA) is 70.0 Å². The first kappa shape index (κ1) is 12.1. The summed E-state index contributed by atoms with van der Waals surface area (Å²) in [6.07, 6.45) is 2.04. The lowest BCUT2D eigenvalue weighted by Crippen LogP contribution is -2.26. The SMILES string of the molecule is N#Cc1cccc(CNS(=O)(=O)CC2CC2)c1. The van der Waals surface area contributed by atoms with Crippen molar-refractivity contribution in [2.45, 2.75) is 19.4 Å². The predicted octanol–water partition coefficient (Wildman–Crippen LogP) is 1.39. The van der Waals surface area contributed by atoms with Crippen LogP contribution < -0.4 is 4.72 Å². The van der Waals surface area contributed by atoms with E-state index in [2.05, 4.69) is 4.72 Å². The van der Waals surface area contributed by atoms with Gasteiger partial charge in [-0.25, -0.2) is 13.1 Å². The summed E-state index contributed by atoms with van der Waals surface area (Å²) >= 11 is 0. The highest BCUT2D eigenvalue weighted by Gasteiger charge is 2.27. The average molecular weight is 250 g/mol. The molecule has 17 heavy (non-hydrogen) atoms. The number of sulfonamides is 1. The largest absolute Gasteiger partial charge is 0.212 e. The Balaban J connectivity index is 1.94. The highest BCUT2D eigenvalue weighted by Crippen LogP contribution is 2.29. The number of nitrogens with zero attached hydrogens (tertiary/aromatic N) is 1. The minimum Gasteiger partial charge on any atom is -0.212 e. The summed E-state index contributed by atoms with van der Waals surface area (Å²) in [6.45, 7) is 0.255. The molecule has 1 aromatic rings. The van der Waals surface area contributed by atoms with Gasteiger partial charge < -0.3 is 0 Å². The van der Waals surface area contributed by atoms with Gasteiger partial charge in [0.2, 0.25) is 10.0 Å². The normalized spacial score (nSPS) is 15.5. The Morgan fingerprint density at radius 1 is 1.41 bits per heavy atom. The zero-order valence-corrected chi connectivity index (χ0v) is 10.2. The second kappa shape index (κ2) is 4.86. The number of benzene rings is 1. The van der Waals surface area contributed by atoms with E-state index in [4.69, 9.17) is 5.26 Å². The summed E-state index contributed by atoms with van der Waals surface area (Å²) in [5.74, 6) is 0.572. The average Bonchev–Trinajstić information content (AvgIpc) is 3.10. The van der Waals surface area contributed by atoms with Crippen molar-refractivity contribution in [3.05, 3.63) is 35.4 Å².